The van der Waals surface area contributed by atoms with Crippen molar-refractivity contribution in [3.63, 3.8) is 0 Å². The maximum atomic E-state index is 9.19. The van der Waals surface area contributed by atoms with E-state index in [1.54, 1.807) is 0 Å². The molecule has 3 nitrogen and oxygen atoms in total. The van der Waals surface area contributed by atoms with Gasteiger partial charge in [-0.25, -0.2) is 0 Å². The van der Waals surface area contributed by atoms with E-state index in [4.69, 9.17) is 10.1 Å². The fraction of sp³-hybridized carbons (Fsp3) is 0. The molecule has 0 aliphatic carbocycles. The van der Waals surface area contributed by atoms with Gasteiger partial charge in [-0.15, -0.1) is 0 Å². The van der Waals surface area contributed by atoms with Crippen molar-refractivity contribution >= 4 is 8.93 Å². The van der Waals surface area contributed by atoms with E-state index in [2.05, 4.69) is 0 Å². The average molecular weight is 87.1 g/mol. The van der Waals surface area contributed by atoms with Gasteiger partial charge >= 0.3 is 8.93 Å². The molecule has 0 aromatic heterocycles. The molecular formula is CHNO2Si. The zero-order valence-electron chi connectivity index (χ0n) is 2.30. The normalized spacial score (nSPS) is 5.40. The van der Waals surface area contributed by atoms with Gasteiger partial charge in [0.1, 0.15) is 5.69 Å². The lowest BCUT2D eigenvalue weighted by atomic mass is 11.8. The molecule has 0 atom stereocenters. The Morgan fingerprint density at radius 2 is 2.20 bits per heavy atom. The second kappa shape index (κ2) is 1.61. The standard InChI is InChI=1S/CHNO2Si/c2-1-5(3)4/h3H. The van der Waals surface area contributed by atoms with Crippen LogP contribution in [-0.2, 0) is 4.46 Å². The molecule has 0 spiro atoms. The van der Waals surface area contributed by atoms with Crippen LogP contribution in [0.15, 0.2) is 0 Å². The molecular weight excluding hydrogens is 86.1 g/mol. The van der Waals surface area contributed by atoms with Crippen LogP contribution >= 0.6 is 0 Å². The Bertz CT molecular complexity index is 82.1. The summed E-state index contributed by atoms with van der Waals surface area (Å²) in [5, 5.41) is 7.38. The van der Waals surface area contributed by atoms with Crippen LogP contribution in [-0.4, -0.2) is 13.7 Å². The van der Waals surface area contributed by atoms with Crippen molar-refractivity contribution in [2.24, 2.45) is 0 Å². The van der Waals surface area contributed by atoms with Crippen molar-refractivity contribution in [3.05, 3.63) is 0 Å². The van der Waals surface area contributed by atoms with Crippen molar-refractivity contribution in [2.75, 3.05) is 0 Å². The van der Waals surface area contributed by atoms with Gasteiger partial charge in [0.05, 0.1) is 0 Å². The molecule has 0 bridgehead atoms. The molecule has 0 saturated heterocycles. The lowest BCUT2D eigenvalue weighted by molar-refractivity contribution is 0.462. The molecule has 26 valence electrons. The topological polar surface area (TPSA) is 61.1 Å². The second-order valence-corrected chi connectivity index (χ2v) is 1.25. The number of nitriles is 1. The molecule has 0 aromatic rings. The first-order valence-electron chi connectivity index (χ1n) is 0.901. The van der Waals surface area contributed by atoms with E-state index < -0.39 is 8.93 Å². The van der Waals surface area contributed by atoms with Gasteiger partial charge in [-0.3, -0.25) is 0 Å². The maximum Gasteiger partial charge on any atom is 0.621 e. The van der Waals surface area contributed by atoms with Gasteiger partial charge in [0.2, 0.25) is 0 Å². The third-order valence-corrected chi connectivity index (χ3v) is 0.287. The molecule has 0 fully saturated rings. The first-order chi connectivity index (χ1) is 2.27. The van der Waals surface area contributed by atoms with Crippen LogP contribution < -0.4 is 0 Å². The third kappa shape index (κ3) is 3.31. The predicted octanol–water partition coefficient (Wildman–Crippen LogP) is -1.04. The summed E-state index contributed by atoms with van der Waals surface area (Å²) in [6, 6.07) is 0. The number of hydrogen-bond donors (Lipinski definition) is 1. The van der Waals surface area contributed by atoms with Crippen LogP contribution in [0.25, 0.3) is 0 Å². The summed E-state index contributed by atoms with van der Waals surface area (Å²) in [6.45, 7) is 0. The summed E-state index contributed by atoms with van der Waals surface area (Å²) in [4.78, 5) is 7.55. The molecule has 0 heterocycles. The zero-order chi connectivity index (χ0) is 4.28. The quantitative estimate of drug-likeness (QED) is 0.384. The van der Waals surface area contributed by atoms with Crippen LogP contribution in [0.2, 0.25) is 0 Å². The Morgan fingerprint density at radius 1 is 2.00 bits per heavy atom. The maximum absolute atomic E-state index is 9.19. The lowest BCUT2D eigenvalue weighted by Gasteiger charge is -1.52. The van der Waals surface area contributed by atoms with E-state index in [1.165, 1.54) is 0 Å². The molecule has 0 rings (SSSR count). The van der Waals surface area contributed by atoms with Crippen LogP contribution in [0.5, 0.6) is 0 Å². The number of rotatable bonds is 0. The molecule has 0 saturated carbocycles. The predicted molar refractivity (Wildman–Crippen MR) is 14.3 cm³/mol. The monoisotopic (exact) mass is 87.0 g/mol. The van der Waals surface area contributed by atoms with Crippen molar-refractivity contribution in [3.8, 4) is 5.69 Å². The van der Waals surface area contributed by atoms with Crippen LogP contribution in [0, 0.1) is 11.0 Å². The van der Waals surface area contributed by atoms with Crippen LogP contribution in [0.4, 0.5) is 0 Å². The van der Waals surface area contributed by atoms with Gasteiger partial charge in [0.25, 0.3) is 0 Å². The highest BCUT2D eigenvalue weighted by molar-refractivity contribution is 6.43. The highest BCUT2D eigenvalue weighted by atomic mass is 28.3. The second-order valence-electron chi connectivity index (χ2n) is 0.417. The Morgan fingerprint density at radius 3 is 2.20 bits per heavy atom. The largest absolute Gasteiger partial charge is 0.621 e. The number of hydrogen-bond acceptors (Lipinski definition) is 2. The molecule has 0 aliphatic heterocycles. The summed E-state index contributed by atoms with van der Waals surface area (Å²) >= 11 is 0. The van der Waals surface area contributed by atoms with E-state index in [9.17, 15) is 4.46 Å². The summed E-state index contributed by atoms with van der Waals surface area (Å²) in [7, 11) is -2.82. The summed E-state index contributed by atoms with van der Waals surface area (Å²) < 4.78 is 9.19. The molecule has 0 aliphatic rings. The van der Waals surface area contributed by atoms with Gasteiger partial charge < -0.3 is 9.26 Å². The molecule has 0 aromatic carbocycles. The minimum Gasteiger partial charge on any atom is -0.530 e. The molecule has 4 heteroatoms. The van der Waals surface area contributed by atoms with Gasteiger partial charge in [-0.2, -0.15) is 5.26 Å². The Hall–Kier alpha value is -0.693. The minimum absolute atomic E-state index is 1.13. The fourth-order valence-corrected chi connectivity index (χ4v) is 0. The van der Waals surface area contributed by atoms with Crippen molar-refractivity contribution < 1.29 is 9.26 Å². The third-order valence-electron chi connectivity index (χ3n) is 0.0956. The van der Waals surface area contributed by atoms with E-state index in [-0.39, 0.29) is 0 Å². The molecule has 1 N–H and O–H groups in total. The van der Waals surface area contributed by atoms with Gasteiger partial charge in [0, 0.05) is 0 Å². The highest BCUT2D eigenvalue weighted by Crippen LogP contribution is 1.40. The highest BCUT2D eigenvalue weighted by Gasteiger charge is 1.89. The fourth-order valence-electron chi connectivity index (χ4n) is 0. The Balaban J connectivity index is 3.35. The summed E-state index contributed by atoms with van der Waals surface area (Å²) in [5.41, 5.74) is 1.13. The Kier molecular flexibility index (Phi) is 1.39. The van der Waals surface area contributed by atoms with E-state index in [0.717, 1.165) is 5.69 Å². The molecule has 0 radical (unpaired) electrons. The summed E-state index contributed by atoms with van der Waals surface area (Å²) in [6.07, 6.45) is 0. The molecule has 0 unspecified atom stereocenters. The lowest BCUT2D eigenvalue weighted by Crippen LogP contribution is -1.88. The average Bonchev–Trinajstić information content (AvgIpc) is 1.38. The SMILES string of the molecule is N#C[Si](=O)O. The van der Waals surface area contributed by atoms with Crippen LogP contribution in [0.3, 0.4) is 0 Å². The Labute approximate surface area is 30.3 Å². The number of nitrogens with zero attached hydrogens (tertiary/aromatic N) is 1. The van der Waals surface area contributed by atoms with Crippen molar-refractivity contribution in [2.45, 2.75) is 0 Å². The zero-order valence-corrected chi connectivity index (χ0v) is 3.30. The van der Waals surface area contributed by atoms with Gasteiger partial charge in [0.15, 0.2) is 0 Å². The minimum atomic E-state index is -2.82. The first kappa shape index (κ1) is 4.31. The van der Waals surface area contributed by atoms with Gasteiger partial charge in [-0.1, -0.05) is 0 Å². The van der Waals surface area contributed by atoms with E-state index >= 15 is 0 Å². The van der Waals surface area contributed by atoms with Crippen LogP contribution in [0.1, 0.15) is 0 Å². The van der Waals surface area contributed by atoms with E-state index in [0.29, 0.717) is 0 Å². The summed E-state index contributed by atoms with van der Waals surface area (Å²) in [5.74, 6) is 0. The smallest absolute Gasteiger partial charge is 0.530 e. The van der Waals surface area contributed by atoms with Gasteiger partial charge in [-0.05, 0) is 0 Å². The molecule has 5 heavy (non-hydrogen) atoms. The first-order valence-corrected chi connectivity index (χ1v) is 2.26. The molecule has 0 amide bonds. The van der Waals surface area contributed by atoms with E-state index in [1.807, 2.05) is 0 Å². The van der Waals surface area contributed by atoms with Crippen molar-refractivity contribution in [1.82, 2.24) is 0 Å². The van der Waals surface area contributed by atoms with Crippen molar-refractivity contribution in [1.29, 1.82) is 5.26 Å².